The maximum absolute atomic E-state index is 11.7. The van der Waals surface area contributed by atoms with Crippen LogP contribution in [0.15, 0.2) is 137 Å². The summed E-state index contributed by atoms with van der Waals surface area (Å²) in [6, 6.07) is 27.7. The largest absolute Gasteiger partial charge is 0.490 e. The Morgan fingerprint density at radius 1 is 0.416 bits per heavy atom. The molecule has 5 aromatic heterocycles. The second-order valence-corrected chi connectivity index (χ2v) is 26.0. The zero-order valence-electron chi connectivity index (χ0n) is 62.9. The number of ether oxygens (including phenoxy) is 10. The van der Waals surface area contributed by atoms with Gasteiger partial charge in [0.15, 0.2) is 104 Å². The van der Waals surface area contributed by atoms with Gasteiger partial charge in [-0.05, 0) is 111 Å². The van der Waals surface area contributed by atoms with Crippen LogP contribution in [0.5, 0.6) is 86.2 Å². The lowest BCUT2D eigenvalue weighted by molar-refractivity contribution is 0.283. The summed E-state index contributed by atoms with van der Waals surface area (Å²) in [4.78, 5) is 51.2. The monoisotopic (exact) mass is 1600 g/mol. The Hall–Kier alpha value is -13.5. The van der Waals surface area contributed by atoms with E-state index in [1.54, 1.807) is 88.6 Å². The Kier molecular flexibility index (Phi) is 26.2. The fraction of sp³-hybridized carbons (Fsp3) is 0.264. The van der Waals surface area contributed by atoms with Crippen molar-refractivity contribution < 1.29 is 47.4 Å². The molecule has 0 fully saturated rings. The highest BCUT2D eigenvalue weighted by atomic mass is 32.1. The number of anilines is 10. The number of aromatic nitrogens is 10. The summed E-state index contributed by atoms with van der Waals surface area (Å²) in [6.45, 7) is 5.01. The van der Waals surface area contributed by atoms with Crippen molar-refractivity contribution in [2.45, 2.75) is 0 Å². The second-order valence-electron chi connectivity index (χ2n) is 24.9. The number of fused-ring (bicyclic) bond motifs is 10. The van der Waals surface area contributed by atoms with Crippen LogP contribution < -0.4 is 119 Å². The molecule has 0 atom stereocenters. The average Bonchev–Trinajstić information content (AvgIpc) is 0.806. The number of hydrogen-bond acceptors (Lipinski definition) is 30. The van der Waals surface area contributed by atoms with E-state index in [2.05, 4.69) is 67.1 Å². The number of aliphatic imine (C=N–C) groups is 1. The molecule has 17 N–H and O–H groups in total. The van der Waals surface area contributed by atoms with Gasteiger partial charge in [0.25, 0.3) is 0 Å². The average molecular weight is 1600 g/mol. The SMILES string of the molecule is CN(CCOc1cccc2c1Nc1nc(=O)n(C)cc1O2)C(=N)N.CN(CCOc1cccc2c1Nc1nc(=S)n(C)cc1O2)C(=N)N.CNCCOc1cccc2c1Nc1nc(=O)n(C)cc1O2.CNCCOc1cccc2c1Nc1nc(=S)n(C)cc1O2.Cn1cc2c(nc1=S)Nc1c(OCCN=C(N)N)cccc1O2. The smallest absolute Gasteiger partial charge is 0.349 e. The molecule has 10 aromatic rings. The van der Waals surface area contributed by atoms with Crippen molar-refractivity contribution in [1.29, 1.82) is 10.8 Å². The summed E-state index contributed by atoms with van der Waals surface area (Å²) >= 11 is 15.5. The molecule has 38 nitrogen and oxygen atoms in total. The van der Waals surface area contributed by atoms with Crippen LogP contribution in [-0.2, 0) is 35.2 Å². The Morgan fingerprint density at radius 3 is 0.938 bits per heavy atom. The summed E-state index contributed by atoms with van der Waals surface area (Å²) in [5.41, 5.74) is 24.1. The Balaban J connectivity index is 0.000000140. The van der Waals surface area contributed by atoms with E-state index in [0.29, 0.717) is 199 Å². The van der Waals surface area contributed by atoms with Crippen LogP contribution in [0.25, 0.3) is 0 Å². The van der Waals surface area contributed by atoms with Crippen LogP contribution in [0.4, 0.5) is 57.5 Å². The zero-order chi connectivity index (χ0) is 80.6. The van der Waals surface area contributed by atoms with E-state index in [-0.39, 0.29) is 29.3 Å². The van der Waals surface area contributed by atoms with E-state index in [0.717, 1.165) is 24.5 Å². The Labute approximate surface area is 662 Å². The van der Waals surface area contributed by atoms with Crippen LogP contribution in [0.2, 0.25) is 0 Å². The van der Waals surface area contributed by atoms with Crippen molar-refractivity contribution in [3.05, 3.63) is 157 Å². The van der Waals surface area contributed by atoms with Crippen molar-refractivity contribution >= 4 is 112 Å². The van der Waals surface area contributed by atoms with E-state index in [9.17, 15) is 9.59 Å². The van der Waals surface area contributed by atoms with Crippen LogP contribution in [-0.4, -0.2) is 169 Å². The lowest BCUT2D eigenvalue weighted by Crippen LogP contribution is -2.35. The summed E-state index contributed by atoms with van der Waals surface area (Å²) < 4.78 is 67.2. The third-order valence-electron chi connectivity index (χ3n) is 16.6. The van der Waals surface area contributed by atoms with Gasteiger partial charge in [0.1, 0.15) is 90.2 Å². The van der Waals surface area contributed by atoms with Gasteiger partial charge in [-0.3, -0.25) is 24.9 Å². The predicted octanol–water partition coefficient (Wildman–Crippen LogP) is 8.51. The van der Waals surface area contributed by atoms with Crippen LogP contribution in [0.1, 0.15) is 0 Å². The number of nitrogens with two attached hydrogens (primary N) is 4. The first-order valence-corrected chi connectivity index (χ1v) is 35.9. The molecule has 0 bridgehead atoms. The quantitative estimate of drug-likeness (QED) is 0.0147. The number of para-hydroxylation sites is 5. The molecule has 15 rings (SSSR count). The molecule has 10 heterocycles. The highest BCUT2D eigenvalue weighted by Crippen LogP contribution is 2.50. The molecule has 592 valence electrons. The molecule has 0 saturated heterocycles. The van der Waals surface area contributed by atoms with Crippen molar-refractivity contribution in [2.75, 3.05) is 121 Å². The van der Waals surface area contributed by atoms with Gasteiger partial charge in [0.2, 0.25) is 14.3 Å². The molecule has 0 saturated carbocycles. The topological polar surface area (TPSA) is 470 Å². The molecular weight excluding hydrogens is 1520 g/mol. The van der Waals surface area contributed by atoms with Crippen molar-refractivity contribution in [3.8, 4) is 86.2 Å². The van der Waals surface area contributed by atoms with Gasteiger partial charge in [-0.1, -0.05) is 30.3 Å². The molecule has 113 heavy (non-hydrogen) atoms. The summed E-state index contributed by atoms with van der Waals surface area (Å²) in [7, 11) is 15.9. The molecule has 0 aliphatic carbocycles. The molecule has 5 aromatic carbocycles. The molecule has 41 heteroatoms. The van der Waals surface area contributed by atoms with Gasteiger partial charge in [-0.25, -0.2) is 9.59 Å². The third kappa shape index (κ3) is 20.1. The van der Waals surface area contributed by atoms with E-state index in [1.165, 1.54) is 9.13 Å². The first-order chi connectivity index (χ1) is 54.3. The van der Waals surface area contributed by atoms with Crippen molar-refractivity contribution in [2.24, 2.45) is 63.2 Å². The van der Waals surface area contributed by atoms with Gasteiger partial charge in [-0.2, -0.15) is 24.9 Å². The standard InChI is InChI=1S/C15H18N6O3.C15H18N6O2S.C14H16N6O2S.C14H16N4O3.C14H16N4O2S/c1-20(14(16)17)6-7-23-9-4-3-5-10-12(9)18-13-11(24-10)8-21(2)15(22)19-13;1-20(14(16)17)6-7-22-9-4-3-5-10-12(9)18-13-11(23-10)8-21(2)15(24)19-13;1-20-7-10-12(19-14(20)23)18-11-8(3-2-4-9(11)22-10)21-6-5-17-13(15)16;1-15-6-7-20-9-4-3-5-10-12(9)16-13-11(21-10)8-18(2)14(19)17-13;1-15-6-7-19-9-4-3-5-10-12(9)16-13-11(20-10)8-18(2)14(21)17-13/h3-5,8H,6-7H2,1-2H3,(H3,16,17)(H,18,19,22);3-5,8H,6-7H2,1-2H3,(H3,16,17)(H,18,19,24);2-4,7H,5-6H2,1H3,(H4,15,16,17)(H,18,19,23);3-5,8,15H,6-7H2,1-2H3,(H,16,17,19);3-5,8,15H,6-7H2,1-2H3,(H,16,17,21). The number of hydrogen-bond donors (Lipinski definition) is 13. The van der Waals surface area contributed by atoms with Gasteiger partial charge in [0.05, 0.1) is 50.6 Å². The second kappa shape index (κ2) is 36.8. The van der Waals surface area contributed by atoms with Crippen molar-refractivity contribution in [1.82, 2.24) is 68.2 Å². The first-order valence-electron chi connectivity index (χ1n) is 34.7. The zero-order valence-corrected chi connectivity index (χ0v) is 65.3. The molecule has 0 spiro atoms. The first kappa shape index (κ1) is 80.5. The van der Waals surface area contributed by atoms with Gasteiger partial charge in [-0.15, -0.1) is 0 Å². The molecular formula is C72H84N26O12S3. The van der Waals surface area contributed by atoms with Crippen molar-refractivity contribution in [3.63, 3.8) is 0 Å². The highest BCUT2D eigenvalue weighted by molar-refractivity contribution is 7.71. The normalized spacial score (nSPS) is 11.7. The van der Waals surface area contributed by atoms with Crippen LogP contribution in [0.3, 0.4) is 0 Å². The number of guanidine groups is 3. The molecule has 0 radical (unpaired) electrons. The number of nitrogens with one attached hydrogen (secondary N) is 9. The molecule has 5 aliphatic heterocycles. The molecule has 0 unspecified atom stereocenters. The fourth-order valence-corrected chi connectivity index (χ4v) is 10.9. The van der Waals surface area contributed by atoms with Gasteiger partial charge >= 0.3 is 11.4 Å². The summed E-state index contributed by atoms with van der Waals surface area (Å²) in [5, 5.41) is 36.6. The number of rotatable bonds is 20. The lowest BCUT2D eigenvalue weighted by Gasteiger charge is -2.24. The van der Waals surface area contributed by atoms with E-state index in [4.69, 9.17) is 118 Å². The maximum atomic E-state index is 11.7. The minimum Gasteiger partial charge on any atom is -0.490 e. The minimum atomic E-state index is -0.380. The van der Waals surface area contributed by atoms with Gasteiger partial charge < -0.3 is 131 Å². The summed E-state index contributed by atoms with van der Waals surface area (Å²) in [6.07, 6.45) is 8.57. The maximum Gasteiger partial charge on any atom is 0.349 e. The Bertz CT molecular complexity index is 5280. The Morgan fingerprint density at radius 2 is 0.673 bits per heavy atom. The minimum absolute atomic E-state index is 0.000814. The van der Waals surface area contributed by atoms with Crippen LogP contribution >= 0.6 is 36.7 Å². The number of aryl methyl sites for hydroxylation is 5. The third-order valence-corrected chi connectivity index (χ3v) is 17.7. The van der Waals surface area contributed by atoms with Gasteiger partial charge in [0, 0.05) is 62.4 Å². The number of likely N-dealkylation sites (N-methyl/N-ethyl adjacent to an activating group) is 4. The van der Waals surface area contributed by atoms with E-state index >= 15 is 0 Å². The number of nitrogens with zero attached hydrogens (tertiary/aromatic N) is 13. The number of benzene rings is 5. The predicted molar refractivity (Wildman–Crippen MR) is 435 cm³/mol. The van der Waals surface area contributed by atoms with E-state index < -0.39 is 0 Å². The molecule has 0 amide bonds. The van der Waals surface area contributed by atoms with Crippen LogP contribution in [0, 0.1) is 25.1 Å². The highest BCUT2D eigenvalue weighted by Gasteiger charge is 2.28. The molecule has 5 aliphatic rings. The fourth-order valence-electron chi connectivity index (χ4n) is 10.5. The summed E-state index contributed by atoms with van der Waals surface area (Å²) in [5.74, 6) is 11.8. The lowest BCUT2D eigenvalue weighted by atomic mass is 10.2. The van der Waals surface area contributed by atoms with E-state index in [1.807, 2.05) is 120 Å².